The van der Waals surface area contributed by atoms with Crippen LogP contribution in [0.15, 0.2) is 54.6 Å². The quantitative estimate of drug-likeness (QED) is 0.124. The molecular weight excluding hydrogens is 584 g/mol. The molecule has 252 valence electrons. The van der Waals surface area contributed by atoms with Crippen LogP contribution >= 0.6 is 0 Å². The predicted molar refractivity (Wildman–Crippen MR) is 179 cm³/mol. The van der Waals surface area contributed by atoms with Gasteiger partial charge in [-0.2, -0.15) is 4.58 Å². The number of para-hydroxylation sites is 1. The number of hydrogen-bond acceptors (Lipinski definition) is 5. The third kappa shape index (κ3) is 15.3. The molecule has 0 saturated carbocycles. The van der Waals surface area contributed by atoms with Crippen molar-refractivity contribution in [1.29, 1.82) is 0 Å². The largest absolute Gasteiger partial charge is 0.378 e. The van der Waals surface area contributed by atoms with Crippen molar-refractivity contribution in [2.24, 2.45) is 0 Å². The van der Waals surface area contributed by atoms with Crippen molar-refractivity contribution >= 4 is 23.2 Å². The monoisotopic (exact) mass is 642 g/mol. The molecule has 1 heterocycles. The lowest BCUT2D eigenvalue weighted by molar-refractivity contribution is -2.00. The molecule has 0 atom stereocenters. The Morgan fingerprint density at radius 2 is 1.09 bits per heavy atom. The highest BCUT2D eigenvalue weighted by atomic mass is 35.7. The Balaban J connectivity index is 0.00000130. The van der Waals surface area contributed by atoms with E-state index in [9.17, 15) is 0 Å². The molecule has 1 aliphatic rings. The molecule has 3 rings (SSSR count). The summed E-state index contributed by atoms with van der Waals surface area (Å²) < 4.78 is 36.6. The van der Waals surface area contributed by atoms with E-state index in [0.717, 1.165) is 6.54 Å². The maximum atomic E-state index is 8.49. The Morgan fingerprint density at radius 1 is 0.644 bits per heavy atom. The number of allylic oxidation sites excluding steroid dienone is 1. The van der Waals surface area contributed by atoms with Gasteiger partial charge in [0.1, 0.15) is 6.54 Å². The lowest BCUT2D eigenvalue weighted by atomic mass is 9.81. The van der Waals surface area contributed by atoms with Crippen LogP contribution in [0.2, 0.25) is 0 Å². The first-order chi connectivity index (χ1) is 21.4. The van der Waals surface area contributed by atoms with Crippen LogP contribution in [0, 0.1) is 10.2 Å². The van der Waals surface area contributed by atoms with Crippen LogP contribution in [0.1, 0.15) is 135 Å². The van der Waals surface area contributed by atoms with E-state index in [-0.39, 0.29) is 5.41 Å². The summed E-state index contributed by atoms with van der Waals surface area (Å²) in [5.74, 6) is 0. The minimum atomic E-state index is -4.94. The Labute approximate surface area is 276 Å². The fourth-order valence-electron chi connectivity index (χ4n) is 6.26. The molecular formula is C38H59ClN2O4. The number of nitrogens with zero attached hydrogens (tertiary/aromatic N) is 2. The molecule has 0 spiro atoms. The lowest BCUT2D eigenvalue weighted by Crippen LogP contribution is -2.68. The summed E-state index contributed by atoms with van der Waals surface area (Å²) in [6.07, 6.45) is 27.3. The summed E-state index contributed by atoms with van der Waals surface area (Å²) in [6.45, 7) is 8.18. The first kappa shape index (κ1) is 39.0. The van der Waals surface area contributed by atoms with Gasteiger partial charge >= 0.3 is 0 Å². The van der Waals surface area contributed by atoms with E-state index >= 15 is 0 Å². The molecule has 0 amide bonds. The second-order valence-corrected chi connectivity index (χ2v) is 13.9. The topological polar surface area (TPSA) is 98.5 Å². The van der Waals surface area contributed by atoms with Gasteiger partial charge in [-0.05, 0) is 44.0 Å². The highest BCUT2D eigenvalue weighted by Crippen LogP contribution is 2.40. The van der Waals surface area contributed by atoms with Crippen molar-refractivity contribution in [2.75, 3.05) is 25.5 Å². The highest BCUT2D eigenvalue weighted by molar-refractivity contribution is 6.05. The van der Waals surface area contributed by atoms with Crippen LogP contribution in [0.5, 0.6) is 0 Å². The first-order valence-corrected chi connectivity index (χ1v) is 18.5. The molecule has 1 aliphatic heterocycles. The molecule has 0 radical (unpaired) electrons. The Kier molecular flexibility index (Phi) is 18.0. The van der Waals surface area contributed by atoms with Gasteiger partial charge in [0.05, 0.1) is 5.41 Å². The molecule has 0 aliphatic carbocycles. The summed E-state index contributed by atoms with van der Waals surface area (Å²) >= 11 is 0. The van der Waals surface area contributed by atoms with Crippen molar-refractivity contribution < 1.29 is 33.5 Å². The van der Waals surface area contributed by atoms with E-state index in [1.807, 2.05) is 0 Å². The normalized spacial score (nSPS) is 14.1. The summed E-state index contributed by atoms with van der Waals surface area (Å²) in [5.41, 5.74) is 6.79. The maximum absolute atomic E-state index is 8.49. The molecule has 0 bridgehead atoms. The average Bonchev–Trinajstić information content (AvgIpc) is 3.20. The summed E-state index contributed by atoms with van der Waals surface area (Å²) in [7, 11) is -0.759. The average molecular weight is 643 g/mol. The SMILES string of the molecule is CCCCCCCCCCCCCCCCCC[N+]1=C(C=Cc2ccc(N(C)C)cc2)C(C)(C)c2ccccc21.[O-][Cl+3]([O-])([O-])[O-]. The molecule has 45 heavy (non-hydrogen) atoms. The molecule has 0 saturated heterocycles. The van der Waals surface area contributed by atoms with Gasteiger partial charge in [0.2, 0.25) is 5.69 Å². The van der Waals surface area contributed by atoms with Gasteiger partial charge in [-0.15, -0.1) is 10.2 Å². The van der Waals surface area contributed by atoms with E-state index < -0.39 is 10.2 Å². The fraction of sp³-hybridized carbons (Fsp3) is 0.605. The zero-order chi connectivity index (χ0) is 33.1. The molecule has 0 unspecified atom stereocenters. The van der Waals surface area contributed by atoms with E-state index in [1.165, 1.54) is 131 Å². The van der Waals surface area contributed by atoms with Crippen LogP contribution in [-0.2, 0) is 5.41 Å². The maximum Gasteiger partial charge on any atom is 0.209 e. The van der Waals surface area contributed by atoms with Crippen molar-refractivity contribution in [3.63, 3.8) is 0 Å². The Bertz CT molecular complexity index is 1150. The van der Waals surface area contributed by atoms with Crippen molar-refractivity contribution in [3.05, 3.63) is 65.7 Å². The van der Waals surface area contributed by atoms with E-state index in [0.29, 0.717) is 0 Å². The first-order valence-electron chi connectivity index (χ1n) is 17.3. The van der Waals surface area contributed by atoms with Gasteiger partial charge in [0.25, 0.3) is 0 Å². The second-order valence-electron chi connectivity index (χ2n) is 13.2. The number of benzene rings is 2. The van der Waals surface area contributed by atoms with Crippen LogP contribution in [0.25, 0.3) is 6.08 Å². The van der Waals surface area contributed by atoms with Gasteiger partial charge in [0.15, 0.2) is 5.71 Å². The number of hydrogen-bond donors (Lipinski definition) is 0. The molecule has 0 N–H and O–H groups in total. The lowest BCUT2D eigenvalue weighted by Gasteiger charge is -2.17. The van der Waals surface area contributed by atoms with E-state index in [2.05, 4.69) is 105 Å². The smallest absolute Gasteiger partial charge is 0.209 e. The van der Waals surface area contributed by atoms with Crippen LogP contribution < -0.4 is 23.5 Å². The summed E-state index contributed by atoms with van der Waals surface area (Å²) in [6, 6.07) is 17.9. The Morgan fingerprint density at radius 3 is 1.56 bits per heavy atom. The summed E-state index contributed by atoms with van der Waals surface area (Å²) in [4.78, 5) is 2.15. The second kappa shape index (κ2) is 20.8. The van der Waals surface area contributed by atoms with Crippen LogP contribution in [-0.4, -0.2) is 30.9 Å². The van der Waals surface area contributed by atoms with Crippen LogP contribution in [0.4, 0.5) is 11.4 Å². The predicted octanol–water partition coefficient (Wildman–Crippen LogP) is 6.35. The van der Waals surface area contributed by atoms with E-state index in [4.69, 9.17) is 18.6 Å². The minimum absolute atomic E-state index is 0.0196. The number of halogens is 1. The number of unbranched alkanes of at least 4 members (excludes halogenated alkanes) is 15. The summed E-state index contributed by atoms with van der Waals surface area (Å²) in [5, 5.41) is 0. The third-order valence-electron chi connectivity index (χ3n) is 8.88. The molecule has 0 aromatic heterocycles. The number of rotatable bonds is 20. The van der Waals surface area contributed by atoms with Gasteiger partial charge < -0.3 is 4.90 Å². The molecule has 0 fully saturated rings. The molecule has 6 nitrogen and oxygen atoms in total. The van der Waals surface area contributed by atoms with Crippen LogP contribution in [0.3, 0.4) is 0 Å². The highest BCUT2D eigenvalue weighted by Gasteiger charge is 2.43. The van der Waals surface area contributed by atoms with Gasteiger partial charge in [0, 0.05) is 43.9 Å². The minimum Gasteiger partial charge on any atom is -0.378 e. The zero-order valence-electron chi connectivity index (χ0n) is 28.7. The zero-order valence-corrected chi connectivity index (χ0v) is 29.5. The van der Waals surface area contributed by atoms with E-state index in [1.54, 1.807) is 0 Å². The van der Waals surface area contributed by atoms with Crippen molar-refractivity contribution in [1.82, 2.24) is 0 Å². The van der Waals surface area contributed by atoms with Crippen molar-refractivity contribution in [2.45, 2.75) is 129 Å². The third-order valence-corrected chi connectivity index (χ3v) is 8.88. The van der Waals surface area contributed by atoms with Crippen molar-refractivity contribution in [3.8, 4) is 0 Å². The van der Waals surface area contributed by atoms with Gasteiger partial charge in [-0.1, -0.05) is 127 Å². The Hall–Kier alpha value is -2.22. The molecule has 2 aromatic rings. The van der Waals surface area contributed by atoms with Gasteiger partial charge in [-0.25, -0.2) is 18.6 Å². The fourth-order valence-corrected chi connectivity index (χ4v) is 6.26. The standard InChI is InChI=1S/C38H59N2.ClHO4/c1-6-7-8-9-10-11-12-13-14-15-16-17-18-19-20-23-32-40-36-25-22-21-24-35(36)38(2,3)37(40)31-28-33-26-29-34(30-27-33)39(4)5;2-1(3,4)5/h21-22,24-31H,6-20,23,32H2,1-5H3;(H,2,3,4,5)/q+1;/p-1. The number of anilines is 1. The molecule has 2 aromatic carbocycles. The van der Waals surface area contributed by atoms with Gasteiger partial charge in [-0.3, -0.25) is 0 Å². The number of fused-ring (bicyclic) bond motifs is 1. The molecule has 7 heteroatoms.